The van der Waals surface area contributed by atoms with E-state index in [1.165, 1.54) is 12.8 Å². The molecule has 0 saturated carbocycles. The smallest absolute Gasteiger partial charge is 0.0615 e. The molecule has 0 fully saturated rings. The SMILES string of the molecule is CC(CC=CC=CCO)CCC(C)C(C)C. The zero-order valence-corrected chi connectivity index (χ0v) is 11.3. The van der Waals surface area contributed by atoms with Crippen LogP contribution >= 0.6 is 0 Å². The summed E-state index contributed by atoms with van der Waals surface area (Å²) in [4.78, 5) is 0. The van der Waals surface area contributed by atoms with Crippen LogP contribution < -0.4 is 0 Å². The molecule has 0 radical (unpaired) electrons. The molecule has 0 amide bonds. The van der Waals surface area contributed by atoms with Crippen LogP contribution in [0.3, 0.4) is 0 Å². The number of aliphatic hydroxyl groups excluding tert-OH is 1. The molecule has 0 rings (SSSR count). The number of rotatable bonds is 8. The molecule has 94 valence electrons. The highest BCUT2D eigenvalue weighted by Gasteiger charge is 2.08. The molecule has 0 spiro atoms. The summed E-state index contributed by atoms with van der Waals surface area (Å²) in [6.45, 7) is 9.39. The van der Waals surface area contributed by atoms with Gasteiger partial charge in [0.25, 0.3) is 0 Å². The van der Waals surface area contributed by atoms with Crippen molar-refractivity contribution in [1.29, 1.82) is 0 Å². The molecule has 0 bridgehead atoms. The van der Waals surface area contributed by atoms with Crippen LogP contribution in [0, 0.1) is 17.8 Å². The van der Waals surface area contributed by atoms with Crippen LogP contribution in [0.1, 0.15) is 47.0 Å². The van der Waals surface area contributed by atoms with E-state index in [4.69, 9.17) is 5.11 Å². The summed E-state index contributed by atoms with van der Waals surface area (Å²) < 4.78 is 0. The average Bonchev–Trinajstić information content (AvgIpc) is 2.25. The first-order chi connectivity index (χ1) is 7.57. The number of aliphatic hydroxyl groups is 1. The van der Waals surface area contributed by atoms with E-state index in [0.29, 0.717) is 0 Å². The lowest BCUT2D eigenvalue weighted by Crippen LogP contribution is -2.05. The summed E-state index contributed by atoms with van der Waals surface area (Å²) in [5.74, 6) is 2.40. The molecule has 0 aliphatic carbocycles. The molecule has 1 nitrogen and oxygen atoms in total. The van der Waals surface area contributed by atoms with E-state index in [9.17, 15) is 0 Å². The van der Waals surface area contributed by atoms with Crippen LogP contribution in [0.4, 0.5) is 0 Å². The molecule has 0 aliphatic rings. The molecule has 0 heterocycles. The second kappa shape index (κ2) is 9.65. The fourth-order valence-corrected chi connectivity index (χ4v) is 1.53. The second-order valence-electron chi connectivity index (χ2n) is 5.18. The minimum Gasteiger partial charge on any atom is -0.392 e. The van der Waals surface area contributed by atoms with Gasteiger partial charge < -0.3 is 5.11 Å². The van der Waals surface area contributed by atoms with Crippen molar-refractivity contribution in [1.82, 2.24) is 0 Å². The van der Waals surface area contributed by atoms with Gasteiger partial charge in [-0.1, -0.05) is 64.8 Å². The van der Waals surface area contributed by atoms with Crippen LogP contribution in [0.25, 0.3) is 0 Å². The maximum Gasteiger partial charge on any atom is 0.0615 e. The van der Waals surface area contributed by atoms with Gasteiger partial charge in [0, 0.05) is 0 Å². The van der Waals surface area contributed by atoms with Crippen LogP contribution in [0.2, 0.25) is 0 Å². The summed E-state index contributed by atoms with van der Waals surface area (Å²) in [5.41, 5.74) is 0. The Balaban J connectivity index is 3.62. The van der Waals surface area contributed by atoms with Gasteiger partial charge in [-0.25, -0.2) is 0 Å². The number of allylic oxidation sites excluding steroid dienone is 3. The average molecular weight is 224 g/mol. The lowest BCUT2D eigenvalue weighted by atomic mass is 9.89. The summed E-state index contributed by atoms with van der Waals surface area (Å²) >= 11 is 0. The van der Waals surface area contributed by atoms with Gasteiger partial charge in [-0.2, -0.15) is 0 Å². The van der Waals surface area contributed by atoms with Gasteiger partial charge in [0.15, 0.2) is 0 Å². The Morgan fingerprint density at radius 3 is 2.12 bits per heavy atom. The first-order valence-electron chi connectivity index (χ1n) is 6.50. The molecule has 2 atom stereocenters. The first-order valence-corrected chi connectivity index (χ1v) is 6.50. The molecule has 0 aliphatic heterocycles. The Hall–Kier alpha value is -0.560. The van der Waals surface area contributed by atoms with Gasteiger partial charge in [0.1, 0.15) is 0 Å². The van der Waals surface area contributed by atoms with Crippen molar-refractivity contribution >= 4 is 0 Å². The van der Waals surface area contributed by atoms with Crippen molar-refractivity contribution in [2.75, 3.05) is 6.61 Å². The molecule has 1 heteroatoms. The predicted octanol–water partition coefficient (Wildman–Crippen LogP) is 4.19. The second-order valence-corrected chi connectivity index (χ2v) is 5.18. The van der Waals surface area contributed by atoms with Crippen molar-refractivity contribution in [3.05, 3.63) is 24.3 Å². The summed E-state index contributed by atoms with van der Waals surface area (Å²) in [7, 11) is 0. The standard InChI is InChI=1S/C15H28O/c1-13(2)15(4)11-10-14(3)9-7-5-6-8-12-16/h5-8,13-16H,9-12H2,1-4H3. The Morgan fingerprint density at radius 2 is 1.56 bits per heavy atom. The monoisotopic (exact) mass is 224 g/mol. The predicted molar refractivity (Wildman–Crippen MR) is 72.4 cm³/mol. The van der Waals surface area contributed by atoms with Crippen LogP contribution in [-0.4, -0.2) is 11.7 Å². The molecule has 0 aromatic heterocycles. The van der Waals surface area contributed by atoms with Crippen LogP contribution in [0.5, 0.6) is 0 Å². The van der Waals surface area contributed by atoms with Crippen molar-refractivity contribution in [2.24, 2.45) is 17.8 Å². The Morgan fingerprint density at radius 1 is 0.938 bits per heavy atom. The minimum atomic E-state index is 0.131. The molecule has 0 saturated heterocycles. The minimum absolute atomic E-state index is 0.131. The van der Waals surface area contributed by atoms with E-state index in [1.807, 2.05) is 12.2 Å². The van der Waals surface area contributed by atoms with Crippen molar-refractivity contribution < 1.29 is 5.11 Å². The quantitative estimate of drug-likeness (QED) is 0.613. The van der Waals surface area contributed by atoms with E-state index in [2.05, 4.69) is 33.8 Å². The zero-order valence-electron chi connectivity index (χ0n) is 11.3. The Kier molecular flexibility index (Phi) is 9.31. The van der Waals surface area contributed by atoms with Crippen LogP contribution in [0.15, 0.2) is 24.3 Å². The normalized spacial score (nSPS) is 16.4. The van der Waals surface area contributed by atoms with E-state index < -0.39 is 0 Å². The molecule has 1 N–H and O–H groups in total. The van der Waals surface area contributed by atoms with Crippen molar-refractivity contribution in [3.8, 4) is 0 Å². The zero-order chi connectivity index (χ0) is 12.4. The third-order valence-corrected chi connectivity index (χ3v) is 3.28. The maximum atomic E-state index is 8.55. The topological polar surface area (TPSA) is 20.2 Å². The van der Waals surface area contributed by atoms with Gasteiger partial charge in [-0.15, -0.1) is 0 Å². The summed E-state index contributed by atoms with van der Waals surface area (Å²) in [6.07, 6.45) is 11.7. The third kappa shape index (κ3) is 8.72. The number of hydrogen-bond donors (Lipinski definition) is 1. The van der Waals surface area contributed by atoms with Gasteiger partial charge in [-0.3, -0.25) is 0 Å². The molecular formula is C15H28O. The largest absolute Gasteiger partial charge is 0.392 e. The lowest BCUT2D eigenvalue weighted by Gasteiger charge is -2.17. The molecule has 16 heavy (non-hydrogen) atoms. The first kappa shape index (κ1) is 15.4. The van der Waals surface area contributed by atoms with E-state index >= 15 is 0 Å². The summed E-state index contributed by atoms with van der Waals surface area (Å²) in [6, 6.07) is 0. The molecule has 2 unspecified atom stereocenters. The Bertz CT molecular complexity index is 203. The lowest BCUT2D eigenvalue weighted by molar-refractivity contribution is 0.342. The van der Waals surface area contributed by atoms with Crippen molar-refractivity contribution in [2.45, 2.75) is 47.0 Å². The Labute approximate surface area is 101 Å². The fourth-order valence-electron chi connectivity index (χ4n) is 1.53. The maximum absolute atomic E-state index is 8.55. The highest BCUT2D eigenvalue weighted by molar-refractivity contribution is 5.02. The third-order valence-electron chi connectivity index (χ3n) is 3.28. The van der Waals surface area contributed by atoms with Crippen LogP contribution in [-0.2, 0) is 0 Å². The fraction of sp³-hybridized carbons (Fsp3) is 0.733. The number of hydrogen-bond acceptors (Lipinski definition) is 1. The molecular weight excluding hydrogens is 196 g/mol. The van der Waals surface area contributed by atoms with Crippen molar-refractivity contribution in [3.63, 3.8) is 0 Å². The van der Waals surface area contributed by atoms with E-state index in [1.54, 1.807) is 6.08 Å². The highest BCUT2D eigenvalue weighted by atomic mass is 16.2. The van der Waals surface area contributed by atoms with E-state index in [0.717, 1.165) is 24.2 Å². The summed E-state index contributed by atoms with van der Waals surface area (Å²) in [5, 5.41) is 8.55. The molecule has 0 aromatic rings. The van der Waals surface area contributed by atoms with Gasteiger partial charge in [-0.05, 0) is 24.2 Å². The van der Waals surface area contributed by atoms with Gasteiger partial charge >= 0.3 is 0 Å². The van der Waals surface area contributed by atoms with Gasteiger partial charge in [0.2, 0.25) is 0 Å². The van der Waals surface area contributed by atoms with Gasteiger partial charge in [0.05, 0.1) is 6.61 Å². The van der Waals surface area contributed by atoms with E-state index in [-0.39, 0.29) is 6.61 Å². The molecule has 0 aromatic carbocycles. The highest BCUT2D eigenvalue weighted by Crippen LogP contribution is 2.20.